The normalized spacial score (nSPS) is 19.1. The van der Waals surface area contributed by atoms with Crippen LogP contribution in [0.1, 0.15) is 12.0 Å². The Balaban J connectivity index is 0.00000147. The molecule has 4 nitrogen and oxygen atoms in total. The van der Waals surface area contributed by atoms with Crippen LogP contribution in [0, 0.1) is 0 Å². The highest BCUT2D eigenvalue weighted by Gasteiger charge is 2.24. The summed E-state index contributed by atoms with van der Waals surface area (Å²) in [4.78, 5) is 16.7. The predicted molar refractivity (Wildman–Crippen MR) is 83.7 cm³/mol. The van der Waals surface area contributed by atoms with E-state index < -0.39 is 0 Å². The molecule has 1 N–H and O–H groups in total. The summed E-state index contributed by atoms with van der Waals surface area (Å²) >= 11 is 0. The number of rotatable bonds is 2. The molecule has 2 aliphatic rings. The second kappa shape index (κ2) is 7.07. The van der Waals surface area contributed by atoms with Crippen molar-refractivity contribution in [2.75, 3.05) is 44.2 Å². The second-order valence-electron chi connectivity index (χ2n) is 5.30. The van der Waals surface area contributed by atoms with Crippen molar-refractivity contribution in [1.82, 2.24) is 10.2 Å². The molecule has 3 rings (SSSR count). The number of para-hydroxylation sites is 1. The molecule has 0 atom stereocenters. The maximum absolute atomic E-state index is 12.5. The zero-order valence-corrected chi connectivity index (χ0v) is 12.5. The minimum absolute atomic E-state index is 0. The summed E-state index contributed by atoms with van der Waals surface area (Å²) in [7, 11) is 0. The summed E-state index contributed by atoms with van der Waals surface area (Å²) in [5.74, 6) is 0.244. The Labute approximate surface area is 126 Å². The number of piperazine rings is 1. The predicted octanol–water partition coefficient (Wildman–Crippen LogP) is 1.29. The number of amides is 1. The fourth-order valence-electron chi connectivity index (χ4n) is 2.94. The fraction of sp³-hybridized carbons (Fsp3) is 0.533. The number of carbonyl (C=O) groups is 1. The number of halogens is 1. The number of carbonyl (C=O) groups excluding carboxylic acids is 1. The number of hydrogen-bond donors (Lipinski definition) is 1. The standard InChI is InChI=1S/C15H21N3O.ClH/c19-15(12-17-10-7-16-8-11-17)18-9-3-5-13-4-1-2-6-14(13)18;/h1-2,4,6,16H,3,5,7-12H2;1H. The third-order valence-electron chi connectivity index (χ3n) is 3.98. The topological polar surface area (TPSA) is 35.6 Å². The van der Waals surface area contributed by atoms with Crippen LogP contribution in [0.2, 0.25) is 0 Å². The number of aryl methyl sites for hydroxylation is 1. The lowest BCUT2D eigenvalue weighted by atomic mass is 10.0. The third kappa shape index (κ3) is 3.32. The monoisotopic (exact) mass is 295 g/mol. The van der Waals surface area contributed by atoms with Crippen LogP contribution < -0.4 is 10.2 Å². The number of fused-ring (bicyclic) bond motifs is 1. The molecule has 5 heteroatoms. The van der Waals surface area contributed by atoms with Crippen molar-refractivity contribution >= 4 is 24.0 Å². The molecular weight excluding hydrogens is 274 g/mol. The number of benzene rings is 1. The Bertz CT molecular complexity index is 460. The van der Waals surface area contributed by atoms with Gasteiger partial charge >= 0.3 is 0 Å². The Kier molecular flexibility index (Phi) is 5.40. The van der Waals surface area contributed by atoms with Crippen molar-refractivity contribution in [3.05, 3.63) is 29.8 Å². The fourth-order valence-corrected chi connectivity index (χ4v) is 2.94. The van der Waals surface area contributed by atoms with Crippen molar-refractivity contribution in [3.8, 4) is 0 Å². The molecule has 1 saturated heterocycles. The van der Waals surface area contributed by atoms with Crippen LogP contribution in [0.15, 0.2) is 24.3 Å². The molecule has 1 aromatic carbocycles. The van der Waals surface area contributed by atoms with Crippen LogP contribution in [-0.2, 0) is 11.2 Å². The zero-order chi connectivity index (χ0) is 13.1. The number of anilines is 1. The van der Waals surface area contributed by atoms with Crippen LogP contribution in [0.25, 0.3) is 0 Å². The molecule has 0 aliphatic carbocycles. The van der Waals surface area contributed by atoms with Crippen LogP contribution in [0.4, 0.5) is 5.69 Å². The van der Waals surface area contributed by atoms with E-state index in [9.17, 15) is 4.79 Å². The quantitative estimate of drug-likeness (QED) is 0.893. The molecule has 1 amide bonds. The van der Waals surface area contributed by atoms with Crippen molar-refractivity contribution in [2.24, 2.45) is 0 Å². The first-order valence-corrected chi connectivity index (χ1v) is 7.16. The first-order chi connectivity index (χ1) is 9.34. The maximum Gasteiger partial charge on any atom is 0.241 e. The van der Waals surface area contributed by atoms with E-state index in [1.165, 1.54) is 5.56 Å². The summed E-state index contributed by atoms with van der Waals surface area (Å²) in [5.41, 5.74) is 2.43. The van der Waals surface area contributed by atoms with E-state index in [2.05, 4.69) is 28.4 Å². The smallest absolute Gasteiger partial charge is 0.241 e. The molecule has 110 valence electrons. The number of nitrogens with one attached hydrogen (secondary N) is 1. The molecule has 0 bridgehead atoms. The van der Waals surface area contributed by atoms with E-state index in [4.69, 9.17) is 0 Å². The highest BCUT2D eigenvalue weighted by molar-refractivity contribution is 5.95. The Morgan fingerprint density at radius 1 is 1.15 bits per heavy atom. The van der Waals surface area contributed by atoms with E-state index in [0.717, 1.165) is 51.3 Å². The van der Waals surface area contributed by atoms with Gasteiger partial charge in [0.1, 0.15) is 0 Å². The van der Waals surface area contributed by atoms with E-state index in [1.807, 2.05) is 11.0 Å². The lowest BCUT2D eigenvalue weighted by Gasteiger charge is -2.33. The van der Waals surface area contributed by atoms with Gasteiger partial charge in [0.15, 0.2) is 0 Å². The van der Waals surface area contributed by atoms with Crippen LogP contribution in [0.3, 0.4) is 0 Å². The van der Waals surface area contributed by atoms with Gasteiger partial charge in [0, 0.05) is 38.4 Å². The molecule has 20 heavy (non-hydrogen) atoms. The van der Waals surface area contributed by atoms with Gasteiger partial charge in [0.25, 0.3) is 0 Å². The van der Waals surface area contributed by atoms with Crippen LogP contribution in [0.5, 0.6) is 0 Å². The van der Waals surface area contributed by atoms with Crippen molar-refractivity contribution < 1.29 is 4.79 Å². The van der Waals surface area contributed by atoms with Gasteiger partial charge in [-0.05, 0) is 24.5 Å². The van der Waals surface area contributed by atoms with E-state index in [0.29, 0.717) is 6.54 Å². The van der Waals surface area contributed by atoms with Gasteiger partial charge in [-0.3, -0.25) is 9.69 Å². The highest BCUT2D eigenvalue weighted by atomic mass is 35.5. The summed E-state index contributed by atoms with van der Waals surface area (Å²) in [6.07, 6.45) is 2.16. The Morgan fingerprint density at radius 3 is 2.70 bits per heavy atom. The van der Waals surface area contributed by atoms with Crippen molar-refractivity contribution in [2.45, 2.75) is 12.8 Å². The molecule has 0 spiro atoms. The van der Waals surface area contributed by atoms with Crippen molar-refractivity contribution in [1.29, 1.82) is 0 Å². The number of nitrogens with zero attached hydrogens (tertiary/aromatic N) is 2. The second-order valence-corrected chi connectivity index (χ2v) is 5.30. The van der Waals surface area contributed by atoms with Gasteiger partial charge in [0.05, 0.1) is 6.54 Å². The Hall–Kier alpha value is -1.10. The molecule has 0 unspecified atom stereocenters. The number of hydrogen-bond acceptors (Lipinski definition) is 3. The zero-order valence-electron chi connectivity index (χ0n) is 11.7. The molecule has 0 aromatic heterocycles. The van der Waals surface area contributed by atoms with Crippen LogP contribution in [-0.4, -0.2) is 50.1 Å². The van der Waals surface area contributed by atoms with Gasteiger partial charge < -0.3 is 10.2 Å². The van der Waals surface area contributed by atoms with Gasteiger partial charge in [-0.1, -0.05) is 18.2 Å². The van der Waals surface area contributed by atoms with Gasteiger partial charge in [0.2, 0.25) is 5.91 Å². The molecule has 0 radical (unpaired) electrons. The largest absolute Gasteiger partial charge is 0.314 e. The summed E-state index contributed by atoms with van der Waals surface area (Å²) in [6, 6.07) is 8.29. The van der Waals surface area contributed by atoms with E-state index in [1.54, 1.807) is 0 Å². The van der Waals surface area contributed by atoms with Crippen molar-refractivity contribution in [3.63, 3.8) is 0 Å². The highest BCUT2D eigenvalue weighted by Crippen LogP contribution is 2.26. The average Bonchev–Trinajstić information content (AvgIpc) is 2.47. The molecule has 0 saturated carbocycles. The minimum atomic E-state index is 0. The van der Waals surface area contributed by atoms with Crippen LogP contribution >= 0.6 is 12.4 Å². The summed E-state index contributed by atoms with van der Waals surface area (Å²) in [6.45, 7) is 5.34. The summed E-state index contributed by atoms with van der Waals surface area (Å²) in [5, 5.41) is 3.32. The molecule has 2 heterocycles. The van der Waals surface area contributed by atoms with Gasteiger partial charge in [-0.25, -0.2) is 0 Å². The van der Waals surface area contributed by atoms with Gasteiger partial charge in [-0.15, -0.1) is 12.4 Å². The van der Waals surface area contributed by atoms with Gasteiger partial charge in [-0.2, -0.15) is 0 Å². The lowest BCUT2D eigenvalue weighted by molar-refractivity contribution is -0.120. The molecular formula is C15H22ClN3O. The minimum Gasteiger partial charge on any atom is -0.314 e. The lowest BCUT2D eigenvalue weighted by Crippen LogP contribution is -2.49. The summed E-state index contributed by atoms with van der Waals surface area (Å²) < 4.78 is 0. The SMILES string of the molecule is Cl.O=C(CN1CCNCC1)N1CCCc2ccccc21. The third-order valence-corrected chi connectivity index (χ3v) is 3.98. The average molecular weight is 296 g/mol. The first-order valence-electron chi connectivity index (χ1n) is 7.16. The van der Waals surface area contributed by atoms with E-state index >= 15 is 0 Å². The molecule has 2 aliphatic heterocycles. The first kappa shape index (κ1) is 15.3. The molecule has 1 fully saturated rings. The van der Waals surface area contributed by atoms with E-state index in [-0.39, 0.29) is 18.3 Å². The molecule has 1 aromatic rings. The Morgan fingerprint density at radius 2 is 1.90 bits per heavy atom. The maximum atomic E-state index is 12.5.